The quantitative estimate of drug-likeness (QED) is 0.608. The topological polar surface area (TPSA) is 89.3 Å². The second kappa shape index (κ2) is 7.61. The summed E-state index contributed by atoms with van der Waals surface area (Å²) >= 11 is 1.29. The van der Waals surface area contributed by atoms with Gasteiger partial charge >= 0.3 is 0 Å². The van der Waals surface area contributed by atoms with Gasteiger partial charge in [0.25, 0.3) is 5.91 Å². The summed E-state index contributed by atoms with van der Waals surface area (Å²) in [4.78, 5) is 16.7. The highest BCUT2D eigenvalue weighted by atomic mass is 32.1. The zero-order valence-corrected chi connectivity index (χ0v) is 13.5. The van der Waals surface area contributed by atoms with Crippen molar-refractivity contribution in [3.05, 3.63) is 4.88 Å². The second-order valence-corrected chi connectivity index (χ2v) is 6.66. The van der Waals surface area contributed by atoms with Crippen LogP contribution in [0.3, 0.4) is 0 Å². The maximum absolute atomic E-state index is 12.0. The molecule has 0 radical (unpaired) electrons. The maximum atomic E-state index is 12.0. The predicted molar refractivity (Wildman–Crippen MR) is 85.8 cm³/mol. The number of aromatic nitrogens is 1. The first-order chi connectivity index (χ1) is 10.1. The molecule has 21 heavy (non-hydrogen) atoms. The van der Waals surface area contributed by atoms with Crippen molar-refractivity contribution in [2.75, 3.05) is 30.8 Å². The number of nitrogens with two attached hydrogens (primary N) is 1. The molecule has 1 aromatic rings. The number of nitrogens with zero attached hydrogens (tertiary/aromatic N) is 1. The van der Waals surface area contributed by atoms with Crippen molar-refractivity contribution in [1.29, 1.82) is 0 Å². The van der Waals surface area contributed by atoms with Gasteiger partial charge in [-0.15, -0.1) is 0 Å². The summed E-state index contributed by atoms with van der Waals surface area (Å²) in [6, 6.07) is 0.259. The molecule has 0 atom stereocenters. The first-order valence-electron chi connectivity index (χ1n) is 7.45. The van der Waals surface area contributed by atoms with Gasteiger partial charge in [-0.3, -0.25) is 4.79 Å². The van der Waals surface area contributed by atoms with Crippen LogP contribution in [0.5, 0.6) is 0 Å². The Hall–Kier alpha value is -1.34. The standard InChI is InChI=1S/C14H24N4O2S/c1-9(2)17-14-18-12(15)11(21-14)13(19)16-6-3-7-20-8-10-4-5-10/h9-10H,3-8,15H2,1-2H3,(H,16,19)(H,17,18). The Bertz CT molecular complexity index is 472. The zero-order chi connectivity index (χ0) is 15.2. The number of thiazole rings is 1. The SMILES string of the molecule is CC(C)Nc1nc(N)c(C(=O)NCCCOCC2CC2)s1. The van der Waals surface area contributed by atoms with Crippen LogP contribution in [-0.4, -0.2) is 36.7 Å². The van der Waals surface area contributed by atoms with Gasteiger partial charge in [0.1, 0.15) is 10.7 Å². The summed E-state index contributed by atoms with van der Waals surface area (Å²) in [6.45, 7) is 6.17. The molecule has 0 unspecified atom stereocenters. The molecular weight excluding hydrogens is 288 g/mol. The van der Waals surface area contributed by atoms with E-state index in [1.54, 1.807) is 0 Å². The normalized spacial score (nSPS) is 14.4. The van der Waals surface area contributed by atoms with Gasteiger partial charge in [0.15, 0.2) is 5.13 Å². The van der Waals surface area contributed by atoms with Gasteiger partial charge in [-0.1, -0.05) is 11.3 Å². The van der Waals surface area contributed by atoms with E-state index < -0.39 is 0 Å². The number of nitrogen functional groups attached to an aromatic ring is 1. The fraction of sp³-hybridized carbons (Fsp3) is 0.714. The van der Waals surface area contributed by atoms with Gasteiger partial charge in [0.2, 0.25) is 0 Å². The average Bonchev–Trinajstić information content (AvgIpc) is 3.16. The third kappa shape index (κ3) is 5.51. The Morgan fingerprint density at radius 1 is 1.52 bits per heavy atom. The number of ether oxygens (including phenoxy) is 1. The smallest absolute Gasteiger partial charge is 0.265 e. The number of carbonyl (C=O) groups excluding carboxylic acids is 1. The molecule has 0 aromatic carbocycles. The number of hydrogen-bond donors (Lipinski definition) is 3. The average molecular weight is 312 g/mol. The Morgan fingerprint density at radius 3 is 2.95 bits per heavy atom. The van der Waals surface area contributed by atoms with Crippen LogP contribution in [0, 0.1) is 5.92 Å². The summed E-state index contributed by atoms with van der Waals surface area (Å²) in [5.41, 5.74) is 5.78. The molecule has 7 heteroatoms. The van der Waals surface area contributed by atoms with Crippen LogP contribution in [0.15, 0.2) is 0 Å². The largest absolute Gasteiger partial charge is 0.382 e. The first-order valence-corrected chi connectivity index (χ1v) is 8.26. The van der Waals surface area contributed by atoms with Crippen molar-refractivity contribution in [2.24, 2.45) is 5.92 Å². The highest BCUT2D eigenvalue weighted by Crippen LogP contribution is 2.28. The minimum Gasteiger partial charge on any atom is -0.382 e. The summed E-state index contributed by atoms with van der Waals surface area (Å²) in [5.74, 6) is 0.901. The fourth-order valence-corrected chi connectivity index (χ4v) is 2.74. The van der Waals surface area contributed by atoms with E-state index in [4.69, 9.17) is 10.5 Å². The van der Waals surface area contributed by atoms with E-state index in [0.29, 0.717) is 23.2 Å². The molecule has 0 saturated heterocycles. The van der Waals surface area contributed by atoms with Crippen molar-refractivity contribution in [1.82, 2.24) is 10.3 Å². The first kappa shape index (κ1) is 16.0. The summed E-state index contributed by atoms with van der Waals surface area (Å²) in [7, 11) is 0. The molecule has 6 nitrogen and oxygen atoms in total. The van der Waals surface area contributed by atoms with Crippen LogP contribution in [0.2, 0.25) is 0 Å². The number of nitrogens with one attached hydrogen (secondary N) is 2. The van der Waals surface area contributed by atoms with E-state index >= 15 is 0 Å². The van der Waals surface area contributed by atoms with E-state index in [-0.39, 0.29) is 17.8 Å². The lowest BCUT2D eigenvalue weighted by Crippen LogP contribution is -2.25. The summed E-state index contributed by atoms with van der Waals surface area (Å²) < 4.78 is 5.52. The molecule has 1 aliphatic carbocycles. The number of hydrogen-bond acceptors (Lipinski definition) is 6. The van der Waals surface area contributed by atoms with E-state index in [0.717, 1.165) is 18.9 Å². The van der Waals surface area contributed by atoms with Crippen molar-refractivity contribution >= 4 is 28.2 Å². The van der Waals surface area contributed by atoms with Gasteiger partial charge in [0.05, 0.1) is 0 Å². The Morgan fingerprint density at radius 2 is 2.29 bits per heavy atom. The Balaban J connectivity index is 1.68. The molecule has 1 aliphatic rings. The monoisotopic (exact) mass is 312 g/mol. The van der Waals surface area contributed by atoms with Gasteiger partial charge in [-0.25, -0.2) is 4.98 Å². The molecule has 1 aromatic heterocycles. The van der Waals surface area contributed by atoms with Crippen LogP contribution in [0.1, 0.15) is 42.8 Å². The fourth-order valence-electron chi connectivity index (χ4n) is 1.79. The third-order valence-corrected chi connectivity index (χ3v) is 4.07. The minimum absolute atomic E-state index is 0.163. The molecule has 0 bridgehead atoms. The number of carbonyl (C=O) groups is 1. The molecular formula is C14H24N4O2S. The van der Waals surface area contributed by atoms with E-state index in [9.17, 15) is 4.79 Å². The van der Waals surface area contributed by atoms with Crippen molar-refractivity contribution in [3.63, 3.8) is 0 Å². The molecule has 1 amide bonds. The minimum atomic E-state index is -0.163. The van der Waals surface area contributed by atoms with Crippen LogP contribution in [0.25, 0.3) is 0 Å². The third-order valence-electron chi connectivity index (χ3n) is 3.07. The maximum Gasteiger partial charge on any atom is 0.265 e. The second-order valence-electron chi connectivity index (χ2n) is 5.66. The number of anilines is 2. The highest BCUT2D eigenvalue weighted by Gasteiger charge is 2.21. The lowest BCUT2D eigenvalue weighted by Gasteiger charge is -2.05. The van der Waals surface area contributed by atoms with Crippen LogP contribution in [-0.2, 0) is 4.74 Å². The van der Waals surface area contributed by atoms with Crippen LogP contribution in [0.4, 0.5) is 10.9 Å². The van der Waals surface area contributed by atoms with E-state index in [1.807, 2.05) is 13.8 Å². The zero-order valence-electron chi connectivity index (χ0n) is 12.6. The lowest BCUT2D eigenvalue weighted by atomic mass is 10.4. The number of amides is 1. The van der Waals surface area contributed by atoms with E-state index in [2.05, 4.69) is 15.6 Å². The van der Waals surface area contributed by atoms with Gasteiger partial charge in [-0.05, 0) is 39.0 Å². The highest BCUT2D eigenvalue weighted by molar-refractivity contribution is 7.18. The Kier molecular flexibility index (Phi) is 5.81. The molecule has 2 rings (SSSR count). The molecule has 1 fully saturated rings. The lowest BCUT2D eigenvalue weighted by molar-refractivity contribution is 0.0942. The van der Waals surface area contributed by atoms with Gasteiger partial charge in [0, 0.05) is 25.8 Å². The molecule has 0 aliphatic heterocycles. The van der Waals surface area contributed by atoms with Crippen molar-refractivity contribution < 1.29 is 9.53 Å². The van der Waals surface area contributed by atoms with Gasteiger partial charge < -0.3 is 21.1 Å². The summed E-state index contributed by atoms with van der Waals surface area (Å²) in [5, 5.41) is 6.68. The molecule has 4 N–H and O–H groups in total. The molecule has 118 valence electrons. The molecule has 0 spiro atoms. The number of rotatable bonds is 9. The van der Waals surface area contributed by atoms with E-state index in [1.165, 1.54) is 24.2 Å². The van der Waals surface area contributed by atoms with Crippen molar-refractivity contribution in [3.8, 4) is 0 Å². The molecule has 1 saturated carbocycles. The Labute approximate surface area is 129 Å². The van der Waals surface area contributed by atoms with Crippen LogP contribution >= 0.6 is 11.3 Å². The predicted octanol–water partition coefficient (Wildman–Crippen LogP) is 2.09. The van der Waals surface area contributed by atoms with Crippen LogP contribution < -0.4 is 16.4 Å². The van der Waals surface area contributed by atoms with Crippen molar-refractivity contribution in [2.45, 2.75) is 39.2 Å². The summed E-state index contributed by atoms with van der Waals surface area (Å²) in [6.07, 6.45) is 3.41. The molecule has 1 heterocycles. The van der Waals surface area contributed by atoms with Gasteiger partial charge in [-0.2, -0.15) is 0 Å².